The first-order chi connectivity index (χ1) is 9.11. The molecule has 1 saturated heterocycles. The van der Waals surface area contributed by atoms with E-state index in [1.807, 2.05) is 0 Å². The molecule has 1 aromatic heterocycles. The number of hydrogen-bond acceptors (Lipinski definition) is 6. The summed E-state index contributed by atoms with van der Waals surface area (Å²) < 4.78 is 4.05. The Bertz CT molecular complexity index is 439. The molecule has 1 fully saturated rings. The second-order valence-electron chi connectivity index (χ2n) is 4.98. The van der Waals surface area contributed by atoms with E-state index in [9.17, 15) is 4.79 Å². The van der Waals surface area contributed by atoms with Crippen LogP contribution in [0, 0.1) is 5.92 Å². The molecular formula is C12H21N5OS. The van der Waals surface area contributed by atoms with Crippen molar-refractivity contribution in [3.8, 4) is 0 Å². The van der Waals surface area contributed by atoms with Gasteiger partial charge in [0.2, 0.25) is 0 Å². The van der Waals surface area contributed by atoms with Gasteiger partial charge in [-0.15, -0.1) is 0 Å². The highest BCUT2D eigenvalue weighted by atomic mass is 32.1. The number of nitrogens with two attached hydrogens (primary N) is 1. The molecular weight excluding hydrogens is 262 g/mol. The lowest BCUT2D eigenvalue weighted by Gasteiger charge is -2.29. The Kier molecular flexibility index (Phi) is 4.60. The molecule has 0 aromatic carbocycles. The van der Waals surface area contributed by atoms with Crippen molar-refractivity contribution in [3.63, 3.8) is 0 Å². The second-order valence-corrected chi connectivity index (χ2v) is 5.75. The number of carbonyl (C=O) groups excluding carboxylic acids is 1. The fourth-order valence-electron chi connectivity index (χ4n) is 2.27. The van der Waals surface area contributed by atoms with Gasteiger partial charge >= 0.3 is 0 Å². The number of anilines is 2. The van der Waals surface area contributed by atoms with Crippen molar-refractivity contribution < 1.29 is 4.79 Å². The Hall–Kier alpha value is -1.34. The molecule has 0 radical (unpaired) electrons. The van der Waals surface area contributed by atoms with E-state index in [0.29, 0.717) is 17.3 Å². The van der Waals surface area contributed by atoms with E-state index in [2.05, 4.69) is 27.0 Å². The van der Waals surface area contributed by atoms with Crippen LogP contribution >= 0.6 is 11.5 Å². The number of rotatable bonds is 4. The lowest BCUT2D eigenvalue weighted by Crippen LogP contribution is -2.33. The first kappa shape index (κ1) is 14.1. The van der Waals surface area contributed by atoms with Gasteiger partial charge in [0.1, 0.15) is 10.6 Å². The molecule has 1 aromatic rings. The van der Waals surface area contributed by atoms with Crippen molar-refractivity contribution in [1.82, 2.24) is 14.6 Å². The molecule has 1 amide bonds. The number of nitrogens with one attached hydrogen (secondary N) is 2. The summed E-state index contributed by atoms with van der Waals surface area (Å²) in [5.74, 6) is 0.768. The zero-order valence-electron chi connectivity index (χ0n) is 11.4. The van der Waals surface area contributed by atoms with E-state index < -0.39 is 0 Å². The van der Waals surface area contributed by atoms with E-state index in [0.717, 1.165) is 24.6 Å². The number of nitrogen functional groups attached to an aromatic ring is 1. The zero-order chi connectivity index (χ0) is 13.8. The van der Waals surface area contributed by atoms with Crippen molar-refractivity contribution in [3.05, 3.63) is 5.56 Å². The normalized spacial score (nSPS) is 17.4. The molecule has 7 heteroatoms. The highest BCUT2D eigenvalue weighted by Crippen LogP contribution is 2.27. The number of piperidine rings is 1. The highest BCUT2D eigenvalue weighted by Gasteiger charge is 2.20. The fourth-order valence-corrected chi connectivity index (χ4v) is 2.99. The van der Waals surface area contributed by atoms with Crippen LogP contribution in [0.5, 0.6) is 0 Å². The third kappa shape index (κ3) is 3.36. The number of amides is 1. The highest BCUT2D eigenvalue weighted by molar-refractivity contribution is 7.11. The van der Waals surface area contributed by atoms with Gasteiger partial charge in [-0.2, -0.15) is 4.37 Å². The molecule has 0 spiro atoms. The topological polar surface area (TPSA) is 83.3 Å². The van der Waals surface area contributed by atoms with Gasteiger partial charge in [0, 0.05) is 13.6 Å². The van der Waals surface area contributed by atoms with Crippen LogP contribution in [-0.4, -0.2) is 48.9 Å². The third-order valence-electron chi connectivity index (χ3n) is 3.56. The molecule has 0 aliphatic carbocycles. The van der Waals surface area contributed by atoms with Gasteiger partial charge in [-0.05, 0) is 50.4 Å². The molecule has 106 valence electrons. The number of likely N-dealkylation sites (tertiary alicyclic amines) is 1. The predicted octanol–water partition coefficient (Wildman–Crippen LogP) is 0.839. The molecule has 2 heterocycles. The van der Waals surface area contributed by atoms with Crippen LogP contribution in [0.2, 0.25) is 0 Å². The van der Waals surface area contributed by atoms with E-state index in [4.69, 9.17) is 5.73 Å². The summed E-state index contributed by atoms with van der Waals surface area (Å²) in [5.41, 5.74) is 6.21. The van der Waals surface area contributed by atoms with Gasteiger partial charge < -0.3 is 21.3 Å². The summed E-state index contributed by atoms with van der Waals surface area (Å²) in [6, 6.07) is 0. The van der Waals surface area contributed by atoms with Crippen LogP contribution in [0.4, 0.5) is 10.8 Å². The number of nitrogens with zero attached hydrogens (tertiary/aromatic N) is 2. The number of aromatic nitrogens is 1. The smallest absolute Gasteiger partial charge is 0.257 e. The number of carbonyl (C=O) groups is 1. The van der Waals surface area contributed by atoms with Crippen LogP contribution in [0.3, 0.4) is 0 Å². The molecule has 1 aliphatic rings. The number of hydrogen-bond donors (Lipinski definition) is 3. The van der Waals surface area contributed by atoms with E-state index in [1.54, 1.807) is 7.05 Å². The molecule has 0 unspecified atom stereocenters. The van der Waals surface area contributed by atoms with Crippen LogP contribution in [0.25, 0.3) is 0 Å². The predicted molar refractivity (Wildman–Crippen MR) is 78.6 cm³/mol. The monoisotopic (exact) mass is 283 g/mol. The third-order valence-corrected chi connectivity index (χ3v) is 4.38. The summed E-state index contributed by atoms with van der Waals surface area (Å²) in [6.07, 6.45) is 2.38. The molecule has 2 rings (SSSR count). The van der Waals surface area contributed by atoms with Gasteiger partial charge in [0.25, 0.3) is 5.91 Å². The average Bonchev–Trinajstić information content (AvgIpc) is 2.78. The fraction of sp³-hybridized carbons (Fsp3) is 0.667. The minimum atomic E-state index is -0.183. The van der Waals surface area contributed by atoms with Crippen molar-refractivity contribution in [2.24, 2.45) is 5.92 Å². The average molecular weight is 283 g/mol. The summed E-state index contributed by atoms with van der Waals surface area (Å²) in [6.45, 7) is 3.15. The Morgan fingerprint density at radius 2 is 2.21 bits per heavy atom. The first-order valence-corrected chi connectivity index (χ1v) is 7.28. The molecule has 4 N–H and O–H groups in total. The summed E-state index contributed by atoms with van der Waals surface area (Å²) in [5, 5.41) is 6.70. The van der Waals surface area contributed by atoms with E-state index in [1.165, 1.54) is 24.4 Å². The molecule has 0 saturated carbocycles. The molecule has 6 nitrogen and oxygen atoms in total. The first-order valence-electron chi connectivity index (χ1n) is 6.51. The van der Waals surface area contributed by atoms with Crippen molar-refractivity contribution in [2.75, 3.05) is 44.8 Å². The molecule has 0 bridgehead atoms. The Balaban J connectivity index is 1.94. The van der Waals surface area contributed by atoms with Crippen molar-refractivity contribution in [1.29, 1.82) is 0 Å². The summed E-state index contributed by atoms with van der Waals surface area (Å²) in [4.78, 5) is 14.1. The van der Waals surface area contributed by atoms with Crippen LogP contribution < -0.4 is 16.4 Å². The Labute approximate surface area is 117 Å². The lowest BCUT2D eigenvalue weighted by molar-refractivity contribution is 0.0965. The van der Waals surface area contributed by atoms with Crippen LogP contribution in [-0.2, 0) is 0 Å². The lowest BCUT2D eigenvalue weighted by atomic mass is 9.97. The summed E-state index contributed by atoms with van der Waals surface area (Å²) in [7, 11) is 3.75. The van der Waals surface area contributed by atoms with Crippen LogP contribution in [0.1, 0.15) is 23.2 Å². The minimum Gasteiger partial charge on any atom is -0.382 e. The maximum absolute atomic E-state index is 11.7. The standard InChI is InChI=1S/C12H21N5OS/c1-14-11(18)9-10(13)16-19-12(9)15-7-8-3-5-17(2)6-4-8/h8,15H,3-7H2,1-2H3,(H2,13,16)(H,14,18). The van der Waals surface area contributed by atoms with Gasteiger partial charge in [-0.1, -0.05) is 0 Å². The molecule has 1 aliphatic heterocycles. The second kappa shape index (κ2) is 6.21. The van der Waals surface area contributed by atoms with Crippen LogP contribution in [0.15, 0.2) is 0 Å². The van der Waals surface area contributed by atoms with Gasteiger partial charge in [0.15, 0.2) is 5.82 Å². The Morgan fingerprint density at radius 3 is 2.84 bits per heavy atom. The maximum Gasteiger partial charge on any atom is 0.257 e. The van der Waals surface area contributed by atoms with Gasteiger partial charge in [-0.3, -0.25) is 4.79 Å². The SMILES string of the molecule is CNC(=O)c1c(N)nsc1NCC1CCN(C)CC1. The van der Waals surface area contributed by atoms with E-state index in [-0.39, 0.29) is 5.91 Å². The summed E-state index contributed by atoms with van der Waals surface area (Å²) >= 11 is 1.25. The maximum atomic E-state index is 11.7. The van der Waals surface area contributed by atoms with Crippen molar-refractivity contribution in [2.45, 2.75) is 12.8 Å². The minimum absolute atomic E-state index is 0.183. The van der Waals surface area contributed by atoms with Gasteiger partial charge in [0.05, 0.1) is 0 Å². The molecule has 19 heavy (non-hydrogen) atoms. The quantitative estimate of drug-likeness (QED) is 0.762. The van der Waals surface area contributed by atoms with E-state index >= 15 is 0 Å². The van der Waals surface area contributed by atoms with Crippen molar-refractivity contribution >= 4 is 28.3 Å². The molecule has 0 atom stereocenters. The largest absolute Gasteiger partial charge is 0.382 e. The zero-order valence-corrected chi connectivity index (χ0v) is 12.2. The Morgan fingerprint density at radius 1 is 1.53 bits per heavy atom. The van der Waals surface area contributed by atoms with Gasteiger partial charge in [-0.25, -0.2) is 0 Å².